The lowest BCUT2D eigenvalue weighted by Gasteiger charge is -2.13. The van der Waals surface area contributed by atoms with Crippen molar-refractivity contribution in [2.75, 3.05) is 18.9 Å². The Bertz CT molecular complexity index is 1010. The minimum atomic E-state index is -3.78. The summed E-state index contributed by atoms with van der Waals surface area (Å²) >= 11 is 0. The number of hydrogen-bond acceptors (Lipinski definition) is 6. The van der Waals surface area contributed by atoms with Crippen LogP contribution >= 0.6 is 0 Å². The maximum absolute atomic E-state index is 12.6. The molecule has 0 bridgehead atoms. The molecule has 0 aliphatic carbocycles. The molecule has 0 saturated carbocycles. The molecule has 1 aromatic heterocycles. The van der Waals surface area contributed by atoms with Gasteiger partial charge in [-0.25, -0.2) is 13.4 Å². The lowest BCUT2D eigenvalue weighted by molar-refractivity contribution is 0.395. The van der Waals surface area contributed by atoms with E-state index in [1.165, 1.54) is 26.4 Å². The number of nitrogens with one attached hydrogen (secondary N) is 1. The highest BCUT2D eigenvalue weighted by Crippen LogP contribution is 2.31. The molecule has 1 heterocycles. The fraction of sp³-hybridized carbons (Fsp3) is 0.167. The summed E-state index contributed by atoms with van der Waals surface area (Å²) in [5, 5.41) is 0. The van der Waals surface area contributed by atoms with E-state index in [0.29, 0.717) is 28.8 Å². The Morgan fingerprint density at radius 1 is 1.04 bits per heavy atom. The number of aromatic nitrogens is 1. The molecule has 26 heavy (non-hydrogen) atoms. The number of ether oxygens (including phenoxy) is 2. The Labute approximate surface area is 151 Å². The number of sulfonamides is 1. The van der Waals surface area contributed by atoms with E-state index in [0.717, 1.165) is 5.56 Å². The number of hydrogen-bond donors (Lipinski definition) is 1. The van der Waals surface area contributed by atoms with Gasteiger partial charge < -0.3 is 13.9 Å². The van der Waals surface area contributed by atoms with Crippen LogP contribution in [0.1, 0.15) is 5.89 Å². The predicted octanol–water partition coefficient (Wildman–Crippen LogP) is 3.47. The molecule has 136 valence electrons. The van der Waals surface area contributed by atoms with E-state index in [9.17, 15) is 8.42 Å². The number of nitrogens with zero attached hydrogens (tertiary/aromatic N) is 1. The minimum absolute atomic E-state index is 0.121. The van der Waals surface area contributed by atoms with Crippen molar-refractivity contribution >= 4 is 15.7 Å². The lowest BCUT2D eigenvalue weighted by atomic mass is 10.2. The summed E-state index contributed by atoms with van der Waals surface area (Å²) in [4.78, 5) is 4.15. The van der Waals surface area contributed by atoms with Crippen molar-refractivity contribution in [3.05, 3.63) is 54.6 Å². The van der Waals surface area contributed by atoms with Crippen molar-refractivity contribution in [1.82, 2.24) is 4.98 Å². The zero-order chi connectivity index (χ0) is 18.7. The second-order valence-electron chi connectivity index (χ2n) is 5.44. The number of benzene rings is 2. The maximum atomic E-state index is 12.6. The standard InChI is InChI=1S/C18H18N2O5S/c1-12-19-11-18(25-12)13-4-7-15(8-5-13)26(21,22)20-16-9-6-14(23-2)10-17(16)24-3/h4-11,20H,1-3H3. The van der Waals surface area contributed by atoms with E-state index >= 15 is 0 Å². The second kappa shape index (κ2) is 7.09. The molecule has 0 saturated heterocycles. The van der Waals surface area contributed by atoms with Crippen LogP contribution in [0, 0.1) is 6.92 Å². The van der Waals surface area contributed by atoms with Crippen LogP contribution in [0.25, 0.3) is 11.3 Å². The SMILES string of the molecule is COc1ccc(NS(=O)(=O)c2ccc(-c3cnc(C)o3)cc2)c(OC)c1. The second-order valence-corrected chi connectivity index (χ2v) is 7.12. The molecule has 0 aliphatic rings. The first-order valence-corrected chi connectivity index (χ1v) is 9.19. The largest absolute Gasteiger partial charge is 0.497 e. The van der Waals surface area contributed by atoms with Crippen molar-refractivity contribution in [2.45, 2.75) is 11.8 Å². The fourth-order valence-electron chi connectivity index (χ4n) is 2.38. The van der Waals surface area contributed by atoms with Gasteiger partial charge in [0.05, 0.1) is 31.0 Å². The predicted molar refractivity (Wildman–Crippen MR) is 97.0 cm³/mol. The average molecular weight is 374 g/mol. The van der Waals surface area contributed by atoms with E-state index in [4.69, 9.17) is 13.9 Å². The molecule has 0 aliphatic heterocycles. The van der Waals surface area contributed by atoms with Crippen LogP contribution in [0.5, 0.6) is 11.5 Å². The monoisotopic (exact) mass is 374 g/mol. The van der Waals surface area contributed by atoms with Gasteiger partial charge in [-0.1, -0.05) is 0 Å². The topological polar surface area (TPSA) is 90.7 Å². The molecule has 3 rings (SSSR count). The lowest BCUT2D eigenvalue weighted by Crippen LogP contribution is -2.13. The summed E-state index contributed by atoms with van der Waals surface area (Å²) in [5.41, 5.74) is 1.06. The normalized spacial score (nSPS) is 11.2. The Kier molecular flexibility index (Phi) is 4.85. The van der Waals surface area contributed by atoms with E-state index in [-0.39, 0.29) is 4.90 Å². The molecule has 7 nitrogen and oxygen atoms in total. The van der Waals surface area contributed by atoms with Gasteiger partial charge in [0.2, 0.25) is 0 Å². The van der Waals surface area contributed by atoms with Crippen LogP contribution in [0.4, 0.5) is 5.69 Å². The fourth-order valence-corrected chi connectivity index (χ4v) is 3.45. The molecule has 0 radical (unpaired) electrons. The summed E-state index contributed by atoms with van der Waals surface area (Å²) in [7, 11) is -0.793. The molecule has 8 heteroatoms. The molecule has 1 N–H and O–H groups in total. The first-order valence-electron chi connectivity index (χ1n) is 7.70. The van der Waals surface area contributed by atoms with Crippen LogP contribution < -0.4 is 14.2 Å². The Morgan fingerprint density at radius 3 is 2.35 bits per heavy atom. The third-order valence-electron chi connectivity index (χ3n) is 3.72. The molecule has 0 fully saturated rings. The quantitative estimate of drug-likeness (QED) is 0.710. The van der Waals surface area contributed by atoms with Gasteiger partial charge in [-0.2, -0.15) is 0 Å². The Hall–Kier alpha value is -3.00. The van der Waals surface area contributed by atoms with E-state index < -0.39 is 10.0 Å². The van der Waals surface area contributed by atoms with Gasteiger partial charge in [-0.15, -0.1) is 0 Å². The van der Waals surface area contributed by atoms with Crippen LogP contribution in [-0.4, -0.2) is 27.6 Å². The number of aryl methyl sites for hydroxylation is 1. The molecule has 0 spiro atoms. The highest BCUT2D eigenvalue weighted by molar-refractivity contribution is 7.92. The average Bonchev–Trinajstić information content (AvgIpc) is 3.08. The van der Waals surface area contributed by atoms with Crippen molar-refractivity contribution < 1.29 is 22.3 Å². The molecule has 0 amide bonds. The summed E-state index contributed by atoms with van der Waals surface area (Å²) in [5.74, 6) is 2.05. The highest BCUT2D eigenvalue weighted by Gasteiger charge is 2.17. The van der Waals surface area contributed by atoms with Crippen LogP contribution in [0.3, 0.4) is 0 Å². The van der Waals surface area contributed by atoms with Crippen LogP contribution in [-0.2, 0) is 10.0 Å². The zero-order valence-corrected chi connectivity index (χ0v) is 15.3. The van der Waals surface area contributed by atoms with Gasteiger partial charge in [0, 0.05) is 18.6 Å². The number of anilines is 1. The van der Waals surface area contributed by atoms with Gasteiger partial charge >= 0.3 is 0 Å². The van der Waals surface area contributed by atoms with Crippen LogP contribution in [0.15, 0.2) is 58.0 Å². The Morgan fingerprint density at radius 2 is 1.77 bits per heavy atom. The summed E-state index contributed by atoms with van der Waals surface area (Å²) < 4.78 is 43.6. The van der Waals surface area contributed by atoms with E-state index in [1.807, 2.05) is 0 Å². The number of rotatable bonds is 6. The van der Waals surface area contributed by atoms with Crippen molar-refractivity contribution in [2.24, 2.45) is 0 Å². The van der Waals surface area contributed by atoms with Gasteiger partial charge in [-0.05, 0) is 36.4 Å². The molecule has 3 aromatic rings. The zero-order valence-electron chi connectivity index (χ0n) is 14.5. The third kappa shape index (κ3) is 3.65. The summed E-state index contributed by atoms with van der Waals surface area (Å²) in [6.45, 7) is 1.74. The molecule has 0 unspecified atom stereocenters. The van der Waals surface area contributed by atoms with Gasteiger partial charge in [0.25, 0.3) is 10.0 Å². The van der Waals surface area contributed by atoms with Crippen molar-refractivity contribution in [3.8, 4) is 22.8 Å². The smallest absolute Gasteiger partial charge is 0.262 e. The molecular weight excluding hydrogens is 356 g/mol. The van der Waals surface area contributed by atoms with E-state index in [1.54, 1.807) is 43.5 Å². The van der Waals surface area contributed by atoms with Crippen LogP contribution in [0.2, 0.25) is 0 Å². The number of methoxy groups -OCH3 is 2. The molecule has 2 aromatic carbocycles. The van der Waals surface area contributed by atoms with Crippen molar-refractivity contribution in [3.63, 3.8) is 0 Å². The Balaban J connectivity index is 1.86. The first kappa shape index (κ1) is 17.8. The maximum Gasteiger partial charge on any atom is 0.262 e. The summed E-state index contributed by atoms with van der Waals surface area (Å²) in [6, 6.07) is 11.2. The highest BCUT2D eigenvalue weighted by atomic mass is 32.2. The number of oxazole rings is 1. The minimum Gasteiger partial charge on any atom is -0.497 e. The van der Waals surface area contributed by atoms with Gasteiger partial charge in [0.1, 0.15) is 11.5 Å². The first-order chi connectivity index (χ1) is 12.4. The van der Waals surface area contributed by atoms with Crippen molar-refractivity contribution in [1.29, 1.82) is 0 Å². The van der Waals surface area contributed by atoms with E-state index in [2.05, 4.69) is 9.71 Å². The molecular formula is C18H18N2O5S. The summed E-state index contributed by atoms with van der Waals surface area (Å²) in [6.07, 6.45) is 1.60. The third-order valence-corrected chi connectivity index (χ3v) is 5.10. The molecule has 0 atom stereocenters. The van der Waals surface area contributed by atoms with Gasteiger partial charge in [-0.3, -0.25) is 4.72 Å². The van der Waals surface area contributed by atoms with Gasteiger partial charge in [0.15, 0.2) is 11.7 Å².